The van der Waals surface area contributed by atoms with E-state index in [1.54, 1.807) is 6.08 Å². The molecule has 1 fully saturated rings. The van der Waals surface area contributed by atoms with Gasteiger partial charge in [0.1, 0.15) is 18.1 Å². The molecule has 0 atom stereocenters. The summed E-state index contributed by atoms with van der Waals surface area (Å²) < 4.78 is 6.68. The predicted octanol–water partition coefficient (Wildman–Crippen LogP) is 4.36. The van der Waals surface area contributed by atoms with Gasteiger partial charge < -0.3 is 10.1 Å². The molecule has 5 nitrogen and oxygen atoms in total. The number of hydrogen-bond donors (Lipinski definition) is 2. The molecule has 3 aromatic carbocycles. The molecular formula is C21H15BrN2O3. The van der Waals surface area contributed by atoms with Crippen molar-refractivity contribution in [3.8, 4) is 5.75 Å². The first-order chi connectivity index (χ1) is 13.1. The topological polar surface area (TPSA) is 67.4 Å². The molecular weight excluding hydrogens is 408 g/mol. The molecule has 27 heavy (non-hydrogen) atoms. The number of imide groups is 1. The molecule has 0 unspecified atom stereocenters. The van der Waals surface area contributed by atoms with Crippen LogP contribution in [0.5, 0.6) is 5.75 Å². The Morgan fingerprint density at radius 1 is 0.926 bits per heavy atom. The lowest BCUT2D eigenvalue weighted by Gasteiger charge is -2.10. The van der Waals surface area contributed by atoms with Gasteiger partial charge in [-0.05, 0) is 62.1 Å². The molecule has 1 saturated heterocycles. The van der Waals surface area contributed by atoms with Crippen molar-refractivity contribution in [2.75, 3.05) is 0 Å². The fourth-order valence-corrected chi connectivity index (χ4v) is 3.37. The van der Waals surface area contributed by atoms with Crippen molar-refractivity contribution in [3.63, 3.8) is 0 Å². The number of ether oxygens (including phenoxy) is 1. The highest BCUT2D eigenvalue weighted by molar-refractivity contribution is 9.10. The molecule has 2 N–H and O–H groups in total. The fraction of sp³-hybridized carbons (Fsp3) is 0.0476. The predicted molar refractivity (Wildman–Crippen MR) is 107 cm³/mol. The van der Waals surface area contributed by atoms with Crippen LogP contribution in [0, 0.1) is 0 Å². The highest BCUT2D eigenvalue weighted by Gasteiger charge is 2.22. The minimum absolute atomic E-state index is 0.219. The Labute approximate surface area is 164 Å². The van der Waals surface area contributed by atoms with E-state index in [9.17, 15) is 9.59 Å². The zero-order valence-electron chi connectivity index (χ0n) is 14.2. The van der Waals surface area contributed by atoms with Gasteiger partial charge >= 0.3 is 6.03 Å². The number of benzene rings is 3. The smallest absolute Gasteiger partial charge is 0.326 e. The van der Waals surface area contributed by atoms with Gasteiger partial charge in [-0.3, -0.25) is 10.1 Å². The van der Waals surface area contributed by atoms with Gasteiger partial charge in [-0.1, -0.05) is 42.5 Å². The van der Waals surface area contributed by atoms with E-state index >= 15 is 0 Å². The number of carbonyl (C=O) groups is 2. The molecule has 0 aromatic heterocycles. The summed E-state index contributed by atoms with van der Waals surface area (Å²) in [5.74, 6) is 0.262. The fourth-order valence-electron chi connectivity index (χ4n) is 2.86. The summed E-state index contributed by atoms with van der Waals surface area (Å²) in [6.07, 6.45) is 1.61. The van der Waals surface area contributed by atoms with Gasteiger partial charge in [-0.25, -0.2) is 4.79 Å². The average Bonchev–Trinajstić information content (AvgIpc) is 2.98. The summed E-state index contributed by atoms with van der Waals surface area (Å²) in [6, 6.07) is 19.4. The molecule has 3 amide bonds. The average molecular weight is 423 g/mol. The molecule has 0 radical (unpaired) electrons. The normalized spacial score (nSPS) is 15.1. The van der Waals surface area contributed by atoms with Crippen LogP contribution in [-0.2, 0) is 11.4 Å². The van der Waals surface area contributed by atoms with Crippen molar-refractivity contribution in [1.82, 2.24) is 10.6 Å². The minimum Gasteiger partial charge on any atom is -0.488 e. The van der Waals surface area contributed by atoms with Crippen LogP contribution in [0.25, 0.3) is 16.8 Å². The van der Waals surface area contributed by atoms with E-state index < -0.39 is 11.9 Å². The molecule has 1 heterocycles. The van der Waals surface area contributed by atoms with Crippen LogP contribution in [0.1, 0.15) is 11.1 Å². The van der Waals surface area contributed by atoms with Crippen LogP contribution < -0.4 is 15.4 Å². The Morgan fingerprint density at radius 2 is 1.74 bits per heavy atom. The van der Waals surface area contributed by atoms with Gasteiger partial charge in [0, 0.05) is 0 Å². The van der Waals surface area contributed by atoms with E-state index in [0.717, 1.165) is 15.6 Å². The Bertz CT molecular complexity index is 1090. The molecule has 0 saturated carbocycles. The van der Waals surface area contributed by atoms with E-state index in [1.165, 1.54) is 10.8 Å². The van der Waals surface area contributed by atoms with Crippen LogP contribution in [0.15, 0.2) is 70.8 Å². The van der Waals surface area contributed by atoms with E-state index in [4.69, 9.17) is 4.74 Å². The van der Waals surface area contributed by atoms with Crippen molar-refractivity contribution < 1.29 is 14.3 Å². The summed E-state index contributed by atoms with van der Waals surface area (Å²) in [5, 5.41) is 7.01. The second-order valence-corrected chi connectivity index (χ2v) is 6.98. The molecule has 4 rings (SSSR count). The second kappa shape index (κ2) is 7.25. The van der Waals surface area contributed by atoms with Gasteiger partial charge in [-0.2, -0.15) is 0 Å². The first-order valence-electron chi connectivity index (χ1n) is 8.32. The van der Waals surface area contributed by atoms with Crippen LogP contribution in [0.2, 0.25) is 0 Å². The molecule has 1 aliphatic heterocycles. The molecule has 6 heteroatoms. The highest BCUT2D eigenvalue weighted by atomic mass is 79.9. The molecule has 0 aliphatic carbocycles. The van der Waals surface area contributed by atoms with Crippen molar-refractivity contribution in [1.29, 1.82) is 0 Å². The number of halogens is 1. The first-order valence-corrected chi connectivity index (χ1v) is 9.12. The Balaban J connectivity index is 1.48. The van der Waals surface area contributed by atoms with Gasteiger partial charge in [0.25, 0.3) is 5.91 Å². The van der Waals surface area contributed by atoms with Crippen LogP contribution >= 0.6 is 15.9 Å². The van der Waals surface area contributed by atoms with Crippen LogP contribution in [0.4, 0.5) is 4.79 Å². The number of carbonyl (C=O) groups excluding carboxylic acids is 2. The molecule has 0 bridgehead atoms. The third kappa shape index (κ3) is 3.85. The molecule has 134 valence electrons. The number of fused-ring (bicyclic) bond motifs is 1. The third-order valence-corrected chi connectivity index (χ3v) is 4.81. The SMILES string of the molecule is O=C1NC(=O)/C(=C/c2ccc(OCc3ccc4ccccc4c3)c(Br)c2)N1. The molecule has 1 aliphatic rings. The number of nitrogens with one attached hydrogen (secondary N) is 2. The lowest BCUT2D eigenvalue weighted by atomic mass is 10.1. The summed E-state index contributed by atoms with van der Waals surface area (Å²) in [4.78, 5) is 22.8. The zero-order valence-corrected chi connectivity index (χ0v) is 15.7. The number of hydrogen-bond acceptors (Lipinski definition) is 3. The Kier molecular flexibility index (Phi) is 4.64. The van der Waals surface area contributed by atoms with E-state index in [1.807, 2.05) is 30.3 Å². The third-order valence-electron chi connectivity index (χ3n) is 4.20. The summed E-state index contributed by atoms with van der Waals surface area (Å²) in [7, 11) is 0. The quantitative estimate of drug-likeness (QED) is 0.484. The van der Waals surface area contributed by atoms with E-state index in [-0.39, 0.29) is 5.70 Å². The standard InChI is InChI=1S/C21H15BrN2O3/c22-17-10-13(11-18-20(25)24-21(26)23-18)6-8-19(17)27-12-14-5-7-15-3-1-2-4-16(15)9-14/h1-11H,12H2,(H2,23,24,25,26)/b18-11-. The van der Waals surface area contributed by atoms with Crippen molar-refractivity contribution in [3.05, 3.63) is 82.0 Å². The lowest BCUT2D eigenvalue weighted by molar-refractivity contribution is -0.115. The maximum Gasteiger partial charge on any atom is 0.326 e. The van der Waals surface area contributed by atoms with E-state index in [0.29, 0.717) is 12.4 Å². The number of rotatable bonds is 4. The monoisotopic (exact) mass is 422 g/mol. The maximum absolute atomic E-state index is 11.6. The molecule has 0 spiro atoms. The van der Waals surface area contributed by atoms with Crippen molar-refractivity contribution in [2.45, 2.75) is 6.61 Å². The van der Waals surface area contributed by atoms with Crippen molar-refractivity contribution in [2.24, 2.45) is 0 Å². The lowest BCUT2D eigenvalue weighted by Crippen LogP contribution is -2.22. The summed E-state index contributed by atoms with van der Waals surface area (Å²) in [6.45, 7) is 0.447. The zero-order chi connectivity index (χ0) is 18.8. The van der Waals surface area contributed by atoms with Gasteiger partial charge in [0.05, 0.1) is 4.47 Å². The van der Waals surface area contributed by atoms with E-state index in [2.05, 4.69) is 56.9 Å². The molecule has 3 aromatic rings. The van der Waals surface area contributed by atoms with Crippen molar-refractivity contribution >= 4 is 44.7 Å². The number of urea groups is 1. The van der Waals surface area contributed by atoms with Gasteiger partial charge in [-0.15, -0.1) is 0 Å². The van der Waals surface area contributed by atoms with Gasteiger partial charge in [0.15, 0.2) is 0 Å². The second-order valence-electron chi connectivity index (χ2n) is 6.13. The van der Waals surface area contributed by atoms with Gasteiger partial charge in [0.2, 0.25) is 0 Å². The minimum atomic E-state index is -0.513. The van der Waals surface area contributed by atoms with Crippen LogP contribution in [-0.4, -0.2) is 11.9 Å². The Morgan fingerprint density at radius 3 is 2.48 bits per heavy atom. The summed E-state index contributed by atoms with van der Waals surface area (Å²) >= 11 is 3.49. The largest absolute Gasteiger partial charge is 0.488 e. The Hall–Kier alpha value is -3.12. The van der Waals surface area contributed by atoms with Crippen LogP contribution in [0.3, 0.4) is 0 Å². The highest BCUT2D eigenvalue weighted by Crippen LogP contribution is 2.28. The first kappa shape index (κ1) is 17.3. The summed E-state index contributed by atoms with van der Waals surface area (Å²) in [5.41, 5.74) is 2.07. The maximum atomic E-state index is 11.6. The number of amides is 3.